The van der Waals surface area contributed by atoms with Gasteiger partial charge in [-0.05, 0) is 45.2 Å². The van der Waals surface area contributed by atoms with E-state index in [-0.39, 0.29) is 5.54 Å². The van der Waals surface area contributed by atoms with Gasteiger partial charge in [0.2, 0.25) is 0 Å². The molecule has 2 N–H and O–H groups in total. The van der Waals surface area contributed by atoms with Crippen LogP contribution in [0.3, 0.4) is 0 Å². The normalized spacial score (nSPS) is 36.0. The van der Waals surface area contributed by atoms with Gasteiger partial charge in [0.15, 0.2) is 0 Å². The van der Waals surface area contributed by atoms with E-state index in [1.54, 1.807) is 0 Å². The highest BCUT2D eigenvalue weighted by Gasteiger charge is 2.40. The molecular formula is C14H28N2O. The molecule has 0 aromatic carbocycles. The van der Waals surface area contributed by atoms with Crippen LogP contribution in [0.4, 0.5) is 0 Å². The molecule has 0 spiro atoms. The number of rotatable bonds is 4. The first-order chi connectivity index (χ1) is 8.30. The Morgan fingerprint density at radius 2 is 2.06 bits per heavy atom. The highest BCUT2D eigenvalue weighted by Crippen LogP contribution is 2.33. The SMILES string of the molecule is CCCC1CC(CN)(N2CCCCC2)CCO1. The summed E-state index contributed by atoms with van der Waals surface area (Å²) < 4.78 is 5.88. The van der Waals surface area contributed by atoms with Crippen molar-refractivity contribution < 1.29 is 4.74 Å². The second-order valence-electron chi connectivity index (χ2n) is 5.71. The number of hydrogen-bond donors (Lipinski definition) is 1. The largest absolute Gasteiger partial charge is 0.378 e. The maximum Gasteiger partial charge on any atom is 0.0593 e. The molecule has 2 unspecified atom stereocenters. The van der Waals surface area contributed by atoms with Crippen molar-refractivity contribution in [3.8, 4) is 0 Å². The molecule has 0 aliphatic carbocycles. The Morgan fingerprint density at radius 3 is 2.71 bits per heavy atom. The molecule has 0 aromatic heterocycles. The van der Waals surface area contributed by atoms with E-state index in [9.17, 15) is 0 Å². The summed E-state index contributed by atoms with van der Waals surface area (Å²) >= 11 is 0. The molecule has 2 aliphatic rings. The topological polar surface area (TPSA) is 38.5 Å². The summed E-state index contributed by atoms with van der Waals surface area (Å²) in [7, 11) is 0. The molecule has 2 saturated heterocycles. The second-order valence-corrected chi connectivity index (χ2v) is 5.71. The Kier molecular flexibility index (Phi) is 4.83. The van der Waals surface area contributed by atoms with Crippen LogP contribution in [0.1, 0.15) is 51.9 Å². The Balaban J connectivity index is 2.01. The first-order valence-corrected chi connectivity index (χ1v) is 7.37. The van der Waals surface area contributed by atoms with E-state index in [2.05, 4.69) is 11.8 Å². The van der Waals surface area contributed by atoms with Gasteiger partial charge in [-0.3, -0.25) is 4.90 Å². The molecule has 0 amide bonds. The van der Waals surface area contributed by atoms with Crippen LogP contribution in [0.2, 0.25) is 0 Å². The molecule has 0 aromatic rings. The first-order valence-electron chi connectivity index (χ1n) is 7.37. The van der Waals surface area contributed by atoms with Gasteiger partial charge in [-0.1, -0.05) is 19.8 Å². The molecule has 0 saturated carbocycles. The van der Waals surface area contributed by atoms with Gasteiger partial charge in [-0.2, -0.15) is 0 Å². The second kappa shape index (κ2) is 6.17. The summed E-state index contributed by atoms with van der Waals surface area (Å²) in [6, 6.07) is 0. The Labute approximate surface area is 106 Å². The van der Waals surface area contributed by atoms with Crippen LogP contribution in [0.25, 0.3) is 0 Å². The van der Waals surface area contributed by atoms with Crippen LogP contribution in [0.5, 0.6) is 0 Å². The van der Waals surface area contributed by atoms with Crippen molar-refractivity contribution in [3.05, 3.63) is 0 Å². The Bertz CT molecular complexity index is 226. The van der Waals surface area contributed by atoms with E-state index < -0.39 is 0 Å². The van der Waals surface area contributed by atoms with Crippen LogP contribution in [-0.4, -0.2) is 42.8 Å². The van der Waals surface area contributed by atoms with Crippen molar-refractivity contribution in [1.29, 1.82) is 0 Å². The average molecular weight is 240 g/mol. The lowest BCUT2D eigenvalue weighted by molar-refractivity contribution is -0.0782. The van der Waals surface area contributed by atoms with Gasteiger partial charge in [0.05, 0.1) is 6.10 Å². The van der Waals surface area contributed by atoms with E-state index in [0.717, 1.165) is 26.0 Å². The Hall–Kier alpha value is -0.120. The van der Waals surface area contributed by atoms with Crippen LogP contribution in [0.15, 0.2) is 0 Å². The minimum absolute atomic E-state index is 0.249. The lowest BCUT2D eigenvalue weighted by Crippen LogP contribution is -2.59. The fraction of sp³-hybridized carbons (Fsp3) is 1.00. The fourth-order valence-corrected chi connectivity index (χ4v) is 3.48. The molecule has 2 atom stereocenters. The zero-order chi connectivity index (χ0) is 12.1. The number of likely N-dealkylation sites (tertiary alicyclic amines) is 1. The summed E-state index contributed by atoms with van der Waals surface area (Å²) in [4.78, 5) is 2.67. The minimum Gasteiger partial charge on any atom is -0.378 e. The fourth-order valence-electron chi connectivity index (χ4n) is 3.48. The number of nitrogens with zero attached hydrogens (tertiary/aromatic N) is 1. The highest BCUT2D eigenvalue weighted by atomic mass is 16.5. The highest BCUT2D eigenvalue weighted by molar-refractivity contribution is 4.97. The van der Waals surface area contributed by atoms with E-state index in [0.29, 0.717) is 6.10 Å². The summed E-state index contributed by atoms with van der Waals surface area (Å²) in [5, 5.41) is 0. The lowest BCUT2D eigenvalue weighted by atomic mass is 9.82. The number of ether oxygens (including phenoxy) is 1. The molecule has 17 heavy (non-hydrogen) atoms. The van der Waals surface area contributed by atoms with Crippen LogP contribution in [-0.2, 0) is 4.74 Å². The summed E-state index contributed by atoms with van der Waals surface area (Å²) in [5.74, 6) is 0. The standard InChI is InChI=1S/C14H28N2O/c1-2-6-13-11-14(12-15,7-10-17-13)16-8-4-3-5-9-16/h13H,2-12,15H2,1H3. The van der Waals surface area contributed by atoms with E-state index >= 15 is 0 Å². The van der Waals surface area contributed by atoms with Crippen molar-refractivity contribution in [1.82, 2.24) is 4.90 Å². The zero-order valence-corrected chi connectivity index (χ0v) is 11.3. The van der Waals surface area contributed by atoms with Gasteiger partial charge in [0, 0.05) is 18.7 Å². The van der Waals surface area contributed by atoms with Crippen molar-refractivity contribution in [3.63, 3.8) is 0 Å². The maximum atomic E-state index is 6.13. The third kappa shape index (κ3) is 3.01. The molecule has 3 nitrogen and oxygen atoms in total. The average Bonchev–Trinajstić information content (AvgIpc) is 2.40. The molecule has 2 aliphatic heterocycles. The van der Waals surface area contributed by atoms with Gasteiger partial charge in [0.1, 0.15) is 0 Å². The first kappa shape index (κ1) is 13.3. The molecule has 2 heterocycles. The van der Waals surface area contributed by atoms with Crippen molar-refractivity contribution in [2.24, 2.45) is 5.73 Å². The van der Waals surface area contributed by atoms with Gasteiger partial charge in [-0.25, -0.2) is 0 Å². The van der Waals surface area contributed by atoms with Crippen molar-refractivity contribution in [2.45, 2.75) is 63.5 Å². The predicted molar refractivity (Wildman–Crippen MR) is 71.1 cm³/mol. The third-order valence-corrected chi connectivity index (χ3v) is 4.55. The smallest absolute Gasteiger partial charge is 0.0593 e. The van der Waals surface area contributed by atoms with E-state index in [1.807, 2.05) is 0 Å². The van der Waals surface area contributed by atoms with Gasteiger partial charge >= 0.3 is 0 Å². The van der Waals surface area contributed by atoms with Crippen molar-refractivity contribution >= 4 is 0 Å². The molecule has 0 radical (unpaired) electrons. The minimum atomic E-state index is 0.249. The molecule has 100 valence electrons. The number of hydrogen-bond acceptors (Lipinski definition) is 3. The van der Waals surface area contributed by atoms with Crippen LogP contribution in [0, 0.1) is 0 Å². The summed E-state index contributed by atoms with van der Waals surface area (Å²) in [6.07, 6.45) is 9.22. The predicted octanol–water partition coefficient (Wildman–Crippen LogP) is 2.15. The summed E-state index contributed by atoms with van der Waals surface area (Å²) in [5.41, 5.74) is 6.38. The van der Waals surface area contributed by atoms with E-state index in [4.69, 9.17) is 10.5 Å². The summed E-state index contributed by atoms with van der Waals surface area (Å²) in [6.45, 7) is 6.43. The Morgan fingerprint density at radius 1 is 1.29 bits per heavy atom. The molecular weight excluding hydrogens is 212 g/mol. The monoisotopic (exact) mass is 240 g/mol. The lowest BCUT2D eigenvalue weighted by Gasteiger charge is -2.49. The van der Waals surface area contributed by atoms with Gasteiger partial charge in [0.25, 0.3) is 0 Å². The molecule has 2 fully saturated rings. The van der Waals surface area contributed by atoms with Crippen LogP contribution >= 0.6 is 0 Å². The maximum absolute atomic E-state index is 6.13. The molecule has 3 heteroatoms. The van der Waals surface area contributed by atoms with Gasteiger partial charge < -0.3 is 10.5 Å². The van der Waals surface area contributed by atoms with Gasteiger partial charge in [-0.15, -0.1) is 0 Å². The molecule has 2 rings (SSSR count). The number of piperidine rings is 1. The van der Waals surface area contributed by atoms with Crippen molar-refractivity contribution in [2.75, 3.05) is 26.2 Å². The molecule has 0 bridgehead atoms. The quantitative estimate of drug-likeness (QED) is 0.818. The zero-order valence-electron chi connectivity index (χ0n) is 11.3. The third-order valence-electron chi connectivity index (χ3n) is 4.55. The van der Waals surface area contributed by atoms with Crippen LogP contribution < -0.4 is 5.73 Å². The van der Waals surface area contributed by atoms with E-state index in [1.165, 1.54) is 45.2 Å². The number of nitrogens with two attached hydrogens (primary N) is 1.